The van der Waals surface area contributed by atoms with Crippen molar-refractivity contribution in [1.29, 1.82) is 0 Å². The lowest BCUT2D eigenvalue weighted by Gasteiger charge is -2.20. The molecule has 9 heteroatoms. The Labute approximate surface area is 203 Å². The van der Waals surface area contributed by atoms with Crippen molar-refractivity contribution in [3.05, 3.63) is 102 Å². The molecule has 1 aliphatic rings. The average Bonchev–Trinajstić information content (AvgIpc) is 3.54. The van der Waals surface area contributed by atoms with Crippen LogP contribution >= 0.6 is 0 Å². The van der Waals surface area contributed by atoms with Gasteiger partial charge in [-0.1, -0.05) is 30.3 Å². The zero-order chi connectivity index (χ0) is 24.4. The fourth-order valence-corrected chi connectivity index (χ4v) is 5.77. The number of amides is 1. The molecule has 1 aliphatic heterocycles. The van der Waals surface area contributed by atoms with Gasteiger partial charge >= 0.3 is 0 Å². The monoisotopic (exact) mass is 488 g/mol. The van der Waals surface area contributed by atoms with Gasteiger partial charge in [-0.05, 0) is 60.0 Å². The zero-order valence-electron chi connectivity index (χ0n) is 19.1. The maximum atomic E-state index is 13.5. The van der Waals surface area contributed by atoms with E-state index in [1.807, 2.05) is 48.7 Å². The number of para-hydroxylation sites is 1. The molecule has 0 saturated heterocycles. The predicted molar refractivity (Wildman–Crippen MR) is 133 cm³/mol. The molecule has 0 fully saturated rings. The Morgan fingerprint density at radius 3 is 2.71 bits per heavy atom. The maximum absolute atomic E-state index is 13.5. The molecular weight excluding hydrogens is 464 g/mol. The molecule has 0 unspecified atom stereocenters. The topological polar surface area (TPSA) is 93.5 Å². The van der Waals surface area contributed by atoms with Crippen LogP contribution in [0.5, 0.6) is 5.75 Å². The molecule has 5 rings (SSSR count). The summed E-state index contributed by atoms with van der Waals surface area (Å²) in [4.78, 5) is 13.2. The van der Waals surface area contributed by atoms with Crippen LogP contribution in [-0.4, -0.2) is 37.8 Å². The van der Waals surface area contributed by atoms with E-state index in [1.54, 1.807) is 23.0 Å². The molecule has 1 N–H and O–H groups in total. The number of carbonyl (C=O) groups is 1. The van der Waals surface area contributed by atoms with E-state index in [9.17, 15) is 13.2 Å². The van der Waals surface area contributed by atoms with E-state index in [4.69, 9.17) is 4.74 Å². The van der Waals surface area contributed by atoms with Crippen molar-refractivity contribution in [3.8, 4) is 5.75 Å². The Balaban J connectivity index is 1.42. The Hall–Kier alpha value is -4.11. The quantitative estimate of drug-likeness (QED) is 0.425. The van der Waals surface area contributed by atoms with E-state index >= 15 is 0 Å². The molecule has 1 aromatic heterocycles. The summed E-state index contributed by atoms with van der Waals surface area (Å²) in [7, 11) is -2.41. The van der Waals surface area contributed by atoms with Gasteiger partial charge in [-0.2, -0.15) is 5.10 Å². The van der Waals surface area contributed by atoms with Crippen LogP contribution in [0.3, 0.4) is 0 Å². The summed E-state index contributed by atoms with van der Waals surface area (Å²) in [6, 6.07) is 21.1. The molecule has 8 nitrogen and oxygen atoms in total. The summed E-state index contributed by atoms with van der Waals surface area (Å²) in [5, 5.41) is 7.06. The number of rotatable bonds is 7. The summed E-state index contributed by atoms with van der Waals surface area (Å²) in [5.41, 5.74) is 3.34. The number of anilines is 2. The van der Waals surface area contributed by atoms with Crippen molar-refractivity contribution >= 4 is 27.3 Å². The number of carbonyl (C=O) groups excluding carboxylic acids is 1. The first-order valence-corrected chi connectivity index (χ1v) is 12.6. The lowest BCUT2D eigenvalue weighted by atomic mass is 10.1. The molecule has 0 aliphatic carbocycles. The molecule has 4 aromatic rings. The first kappa shape index (κ1) is 22.7. The van der Waals surface area contributed by atoms with Crippen LogP contribution in [0.4, 0.5) is 11.4 Å². The molecule has 0 saturated carbocycles. The zero-order valence-corrected chi connectivity index (χ0v) is 19.9. The fourth-order valence-electron chi connectivity index (χ4n) is 4.24. The standard InChI is InChI=1S/C26H24N4O4S/c1-34-25-11-10-22(35(32,33)30-15-12-20-7-2-3-9-24(20)30)17-23(25)26(31)28-21-8-4-6-19(16-21)18-29-14-5-13-27-29/h2-11,13-14,16-17H,12,15,18H2,1H3,(H,28,31). The summed E-state index contributed by atoms with van der Waals surface area (Å²) in [6.07, 6.45) is 4.22. The normalized spacial score (nSPS) is 12.9. The molecule has 2 heterocycles. The highest BCUT2D eigenvalue weighted by Crippen LogP contribution is 2.34. The van der Waals surface area contributed by atoms with Crippen molar-refractivity contribution in [2.75, 3.05) is 23.3 Å². The molecule has 3 aromatic carbocycles. The van der Waals surface area contributed by atoms with Crippen molar-refractivity contribution in [2.45, 2.75) is 17.9 Å². The van der Waals surface area contributed by atoms with Crippen LogP contribution in [0.2, 0.25) is 0 Å². The maximum Gasteiger partial charge on any atom is 0.264 e. The molecule has 178 valence electrons. The van der Waals surface area contributed by atoms with Gasteiger partial charge in [-0.3, -0.25) is 13.8 Å². The van der Waals surface area contributed by atoms with Gasteiger partial charge in [-0.25, -0.2) is 8.42 Å². The highest BCUT2D eigenvalue weighted by atomic mass is 32.2. The highest BCUT2D eigenvalue weighted by Gasteiger charge is 2.31. The number of hydrogen-bond acceptors (Lipinski definition) is 5. The van der Waals surface area contributed by atoms with E-state index in [2.05, 4.69) is 10.4 Å². The van der Waals surface area contributed by atoms with Gasteiger partial charge in [0.05, 0.1) is 29.8 Å². The van der Waals surface area contributed by atoms with Crippen LogP contribution < -0.4 is 14.4 Å². The minimum absolute atomic E-state index is 0.0348. The number of aromatic nitrogens is 2. The fraction of sp³-hybridized carbons (Fsp3) is 0.154. The van der Waals surface area contributed by atoms with Gasteiger partial charge in [0.15, 0.2) is 0 Å². The summed E-state index contributed by atoms with van der Waals surface area (Å²) < 4.78 is 35.5. The Bertz CT molecular complexity index is 1480. The van der Waals surface area contributed by atoms with Crippen LogP contribution in [-0.2, 0) is 23.0 Å². The second-order valence-electron chi connectivity index (χ2n) is 8.18. The van der Waals surface area contributed by atoms with Gasteiger partial charge in [0.2, 0.25) is 0 Å². The lowest BCUT2D eigenvalue weighted by molar-refractivity contribution is 0.102. The van der Waals surface area contributed by atoms with Crippen molar-refractivity contribution in [3.63, 3.8) is 0 Å². The van der Waals surface area contributed by atoms with Crippen molar-refractivity contribution in [2.24, 2.45) is 0 Å². The predicted octanol–water partition coefficient (Wildman–Crippen LogP) is 3.94. The number of nitrogens with one attached hydrogen (secondary N) is 1. The highest BCUT2D eigenvalue weighted by molar-refractivity contribution is 7.92. The average molecular weight is 489 g/mol. The molecule has 0 radical (unpaired) electrons. The Morgan fingerprint density at radius 1 is 1.06 bits per heavy atom. The minimum atomic E-state index is -3.85. The van der Waals surface area contributed by atoms with Gasteiger partial charge in [-0.15, -0.1) is 0 Å². The van der Waals surface area contributed by atoms with Crippen LogP contribution in [0, 0.1) is 0 Å². The second kappa shape index (κ2) is 9.27. The lowest BCUT2D eigenvalue weighted by Crippen LogP contribution is -2.29. The smallest absolute Gasteiger partial charge is 0.264 e. The van der Waals surface area contributed by atoms with Crippen molar-refractivity contribution < 1.29 is 17.9 Å². The largest absolute Gasteiger partial charge is 0.496 e. The second-order valence-corrected chi connectivity index (χ2v) is 10.0. The van der Waals surface area contributed by atoms with Gasteiger partial charge in [0, 0.05) is 24.6 Å². The summed E-state index contributed by atoms with van der Waals surface area (Å²) in [5.74, 6) is -0.173. The SMILES string of the molecule is COc1ccc(S(=O)(=O)N2CCc3ccccc32)cc1C(=O)Nc1cccc(Cn2cccn2)c1. The molecule has 0 bridgehead atoms. The van der Waals surface area contributed by atoms with Gasteiger partial charge in [0.1, 0.15) is 5.75 Å². The molecule has 1 amide bonds. The van der Waals surface area contributed by atoms with E-state index in [0.717, 1.165) is 11.1 Å². The number of nitrogens with zero attached hydrogens (tertiary/aromatic N) is 3. The van der Waals surface area contributed by atoms with E-state index < -0.39 is 15.9 Å². The third-order valence-corrected chi connectivity index (χ3v) is 7.75. The van der Waals surface area contributed by atoms with Crippen molar-refractivity contribution in [1.82, 2.24) is 9.78 Å². The third-order valence-electron chi connectivity index (χ3n) is 5.94. The molecule has 0 spiro atoms. The molecule has 0 atom stereocenters. The van der Waals surface area contributed by atoms with Gasteiger partial charge in [0.25, 0.3) is 15.9 Å². The Morgan fingerprint density at radius 2 is 1.91 bits per heavy atom. The first-order chi connectivity index (χ1) is 17.0. The number of benzene rings is 3. The van der Waals surface area contributed by atoms with Crippen LogP contribution in [0.1, 0.15) is 21.5 Å². The molecule has 35 heavy (non-hydrogen) atoms. The number of hydrogen-bond donors (Lipinski definition) is 1. The number of sulfonamides is 1. The van der Waals surface area contributed by atoms with E-state index in [-0.39, 0.29) is 16.2 Å². The van der Waals surface area contributed by atoms with Crippen LogP contribution in [0.15, 0.2) is 90.1 Å². The van der Waals surface area contributed by atoms with E-state index in [0.29, 0.717) is 30.9 Å². The minimum Gasteiger partial charge on any atom is -0.496 e. The number of fused-ring (bicyclic) bond motifs is 1. The number of ether oxygens (including phenoxy) is 1. The van der Waals surface area contributed by atoms with Gasteiger partial charge < -0.3 is 10.1 Å². The van der Waals surface area contributed by atoms with Crippen LogP contribution in [0.25, 0.3) is 0 Å². The number of methoxy groups -OCH3 is 1. The summed E-state index contributed by atoms with van der Waals surface area (Å²) >= 11 is 0. The van der Waals surface area contributed by atoms with E-state index in [1.165, 1.54) is 29.6 Å². The Kier molecular flexibility index (Phi) is 6.00. The third kappa shape index (κ3) is 4.50. The molecular formula is C26H24N4O4S. The first-order valence-electron chi connectivity index (χ1n) is 11.1. The summed E-state index contributed by atoms with van der Waals surface area (Å²) in [6.45, 7) is 0.920.